The van der Waals surface area contributed by atoms with Gasteiger partial charge in [0.2, 0.25) is 0 Å². The number of benzene rings is 1. The van der Waals surface area contributed by atoms with Crippen molar-refractivity contribution >= 4 is 28.7 Å². The van der Waals surface area contributed by atoms with E-state index in [1.807, 2.05) is 6.08 Å². The van der Waals surface area contributed by atoms with Crippen molar-refractivity contribution in [3.05, 3.63) is 64.6 Å². The quantitative estimate of drug-likeness (QED) is 0.913. The van der Waals surface area contributed by atoms with Crippen molar-refractivity contribution in [1.82, 2.24) is 0 Å². The summed E-state index contributed by atoms with van der Waals surface area (Å²) >= 11 is 6.06. The summed E-state index contributed by atoms with van der Waals surface area (Å²) in [6.45, 7) is 0.232. The van der Waals surface area contributed by atoms with Crippen molar-refractivity contribution < 1.29 is 9.18 Å². The molecule has 3 nitrogen and oxygen atoms in total. The van der Waals surface area contributed by atoms with Gasteiger partial charge in [-0.05, 0) is 29.8 Å². The number of carbonyl (C=O) groups excluding carboxylic acids is 1. The lowest BCUT2D eigenvalue weighted by Crippen LogP contribution is -2.26. The van der Waals surface area contributed by atoms with Crippen LogP contribution in [0.1, 0.15) is 5.56 Å². The molecule has 1 aromatic rings. The zero-order valence-electron chi connectivity index (χ0n) is 11.0. The molecule has 0 saturated heterocycles. The van der Waals surface area contributed by atoms with E-state index in [2.05, 4.69) is 4.99 Å². The minimum Gasteiger partial charge on any atom is -0.325 e. The van der Waals surface area contributed by atoms with E-state index in [-0.39, 0.29) is 12.3 Å². The minimum absolute atomic E-state index is 0.0551. The average molecular weight is 303 g/mol. The first kappa shape index (κ1) is 13.9. The van der Waals surface area contributed by atoms with E-state index in [4.69, 9.17) is 17.3 Å². The van der Waals surface area contributed by atoms with Crippen molar-refractivity contribution in [2.45, 2.75) is 0 Å². The van der Waals surface area contributed by atoms with Gasteiger partial charge in [0.1, 0.15) is 5.82 Å². The largest absolute Gasteiger partial charge is 0.325 e. The van der Waals surface area contributed by atoms with E-state index in [1.54, 1.807) is 18.2 Å². The average Bonchev–Trinajstić information content (AvgIpc) is 2.47. The molecule has 1 unspecified atom stereocenters. The maximum atomic E-state index is 13.1. The zero-order valence-corrected chi connectivity index (χ0v) is 11.8. The Bertz CT molecular complexity index is 747. The Hall–Kier alpha value is -2.04. The summed E-state index contributed by atoms with van der Waals surface area (Å²) in [6.07, 6.45) is 6.86. The van der Waals surface area contributed by atoms with Gasteiger partial charge >= 0.3 is 0 Å². The minimum atomic E-state index is -0.429. The molecule has 1 atom stereocenters. The molecule has 2 aliphatic rings. The first-order chi connectivity index (χ1) is 10.1. The van der Waals surface area contributed by atoms with Crippen LogP contribution in [-0.4, -0.2) is 18.0 Å². The van der Waals surface area contributed by atoms with Crippen molar-refractivity contribution in [2.75, 3.05) is 6.54 Å². The fraction of sp³-hybridized carbons (Fsp3) is 0.125. The number of halogens is 2. The molecule has 0 saturated carbocycles. The predicted octanol–water partition coefficient (Wildman–Crippen LogP) is 2.91. The third-order valence-corrected chi connectivity index (χ3v) is 3.75. The number of hydrogen-bond acceptors (Lipinski definition) is 3. The maximum absolute atomic E-state index is 13.1. The summed E-state index contributed by atoms with van der Waals surface area (Å²) in [5, 5.41) is 0.313. The Balaban J connectivity index is 1.99. The predicted molar refractivity (Wildman–Crippen MR) is 81.6 cm³/mol. The molecule has 0 bridgehead atoms. The molecule has 21 heavy (non-hydrogen) atoms. The highest BCUT2D eigenvalue weighted by Gasteiger charge is 2.26. The van der Waals surface area contributed by atoms with E-state index < -0.39 is 11.7 Å². The highest BCUT2D eigenvalue weighted by atomic mass is 35.5. The lowest BCUT2D eigenvalue weighted by molar-refractivity contribution is -0.115. The molecule has 1 aromatic carbocycles. The number of ketones is 1. The molecule has 5 heteroatoms. The van der Waals surface area contributed by atoms with Crippen LogP contribution in [0.4, 0.5) is 4.39 Å². The lowest BCUT2D eigenvalue weighted by atomic mass is 9.86. The molecular weight excluding hydrogens is 291 g/mol. The normalized spacial score (nSPS) is 20.6. The van der Waals surface area contributed by atoms with Gasteiger partial charge in [0.25, 0.3) is 0 Å². The van der Waals surface area contributed by atoms with Gasteiger partial charge in [0.15, 0.2) is 5.78 Å². The molecule has 106 valence electrons. The lowest BCUT2D eigenvalue weighted by Gasteiger charge is -2.21. The van der Waals surface area contributed by atoms with Crippen LogP contribution in [0, 0.1) is 11.7 Å². The van der Waals surface area contributed by atoms with Gasteiger partial charge in [0, 0.05) is 18.2 Å². The van der Waals surface area contributed by atoms with Gasteiger partial charge in [-0.25, -0.2) is 4.39 Å². The second-order valence-corrected chi connectivity index (χ2v) is 5.24. The number of hydrogen-bond donors (Lipinski definition) is 1. The Morgan fingerprint density at radius 3 is 2.86 bits per heavy atom. The molecule has 0 spiro atoms. The van der Waals surface area contributed by atoms with E-state index in [1.165, 1.54) is 18.2 Å². The van der Waals surface area contributed by atoms with Crippen LogP contribution in [0.5, 0.6) is 0 Å². The van der Waals surface area contributed by atoms with Crippen LogP contribution in [0.3, 0.4) is 0 Å². The first-order valence-electron chi connectivity index (χ1n) is 6.47. The summed E-state index contributed by atoms with van der Waals surface area (Å²) in [7, 11) is 0. The van der Waals surface area contributed by atoms with Crippen LogP contribution < -0.4 is 5.73 Å². The fourth-order valence-electron chi connectivity index (χ4n) is 2.39. The summed E-state index contributed by atoms with van der Waals surface area (Å²) in [5.74, 6) is -0.877. The Morgan fingerprint density at radius 1 is 1.33 bits per heavy atom. The van der Waals surface area contributed by atoms with Crippen molar-refractivity contribution in [3.63, 3.8) is 0 Å². The van der Waals surface area contributed by atoms with Gasteiger partial charge < -0.3 is 5.73 Å². The third-order valence-electron chi connectivity index (χ3n) is 3.44. The number of fused-ring (bicyclic) bond motifs is 1. The summed E-state index contributed by atoms with van der Waals surface area (Å²) in [5.41, 5.74) is 8.24. The summed E-state index contributed by atoms with van der Waals surface area (Å²) in [4.78, 5) is 16.5. The Kier molecular flexibility index (Phi) is 3.57. The van der Waals surface area contributed by atoms with Gasteiger partial charge in [-0.15, -0.1) is 0 Å². The van der Waals surface area contributed by atoms with Crippen LogP contribution in [0.25, 0.3) is 5.57 Å². The molecule has 1 aliphatic heterocycles. The van der Waals surface area contributed by atoms with Gasteiger partial charge in [0.05, 0.1) is 22.3 Å². The number of rotatable bonds is 2. The fourth-order valence-corrected chi connectivity index (χ4v) is 2.67. The number of nitrogens with zero attached hydrogens (tertiary/aromatic N) is 1. The van der Waals surface area contributed by atoms with E-state index >= 15 is 0 Å². The van der Waals surface area contributed by atoms with Crippen molar-refractivity contribution in [1.29, 1.82) is 0 Å². The van der Waals surface area contributed by atoms with Crippen molar-refractivity contribution in [3.8, 4) is 0 Å². The number of allylic oxidation sites excluding steroid dienone is 5. The van der Waals surface area contributed by atoms with E-state index in [9.17, 15) is 9.18 Å². The number of carbonyl (C=O) groups is 1. The van der Waals surface area contributed by atoms with Gasteiger partial charge in [-0.1, -0.05) is 23.8 Å². The van der Waals surface area contributed by atoms with Crippen LogP contribution >= 0.6 is 11.6 Å². The van der Waals surface area contributed by atoms with E-state index in [0.717, 1.165) is 5.57 Å². The summed E-state index contributed by atoms with van der Waals surface area (Å²) in [6, 6.07) is 4.20. The topological polar surface area (TPSA) is 55.5 Å². The SMILES string of the molecule is NCC1=CC(=O)C2C=C(c3ccc(F)cc3Cl)C=CC2=N1. The van der Waals surface area contributed by atoms with Crippen LogP contribution in [-0.2, 0) is 4.79 Å². The van der Waals surface area contributed by atoms with Crippen LogP contribution in [0.15, 0.2) is 53.2 Å². The number of nitrogens with two attached hydrogens (primary N) is 1. The van der Waals surface area contributed by atoms with Gasteiger partial charge in [-0.3, -0.25) is 9.79 Å². The van der Waals surface area contributed by atoms with Gasteiger partial charge in [-0.2, -0.15) is 0 Å². The zero-order chi connectivity index (χ0) is 15.0. The maximum Gasteiger partial charge on any atom is 0.170 e. The van der Waals surface area contributed by atoms with E-state index in [0.29, 0.717) is 22.0 Å². The molecule has 0 aromatic heterocycles. The molecule has 3 rings (SSSR count). The Labute approximate surface area is 126 Å². The smallest absolute Gasteiger partial charge is 0.170 e. The Morgan fingerprint density at radius 2 is 2.14 bits per heavy atom. The third kappa shape index (κ3) is 2.60. The highest BCUT2D eigenvalue weighted by Crippen LogP contribution is 2.31. The molecular formula is C16H12ClFN2O. The van der Waals surface area contributed by atoms with Crippen molar-refractivity contribution in [2.24, 2.45) is 16.6 Å². The molecule has 0 amide bonds. The monoisotopic (exact) mass is 302 g/mol. The molecule has 1 heterocycles. The molecule has 1 aliphatic carbocycles. The molecule has 0 fully saturated rings. The molecule has 0 radical (unpaired) electrons. The summed E-state index contributed by atoms with van der Waals surface area (Å²) < 4.78 is 13.1. The first-order valence-corrected chi connectivity index (χ1v) is 6.84. The standard InChI is InChI=1S/C16H12ClFN2O/c17-14-6-10(18)2-3-12(14)9-1-4-15-13(5-9)16(21)7-11(8-19)20-15/h1-7,13H,8,19H2. The molecule has 2 N–H and O–H groups in total. The van der Waals surface area contributed by atoms with Crippen LogP contribution in [0.2, 0.25) is 5.02 Å². The number of aliphatic imine (C=N–C) groups is 1. The highest BCUT2D eigenvalue weighted by molar-refractivity contribution is 6.32. The second-order valence-electron chi connectivity index (χ2n) is 4.84. The second kappa shape index (κ2) is 5.39.